The lowest BCUT2D eigenvalue weighted by Gasteiger charge is -2.16. The van der Waals surface area contributed by atoms with Crippen LogP contribution in [0.1, 0.15) is 16.7 Å². The molecule has 1 N–H and O–H groups in total. The van der Waals surface area contributed by atoms with Gasteiger partial charge >= 0.3 is 0 Å². The number of aromatic hydroxyl groups is 1. The van der Waals surface area contributed by atoms with Crippen molar-refractivity contribution < 1.29 is 14.1 Å². The third-order valence-electron chi connectivity index (χ3n) is 3.52. The van der Waals surface area contributed by atoms with E-state index in [2.05, 4.69) is 0 Å². The van der Waals surface area contributed by atoms with Crippen molar-refractivity contribution in [2.75, 3.05) is 13.3 Å². The molecule has 0 aromatic heterocycles. The Morgan fingerprint density at radius 2 is 1.87 bits per heavy atom. The van der Waals surface area contributed by atoms with E-state index in [4.69, 9.17) is 0 Å². The number of benzene rings is 2. The highest BCUT2D eigenvalue weighted by atomic mass is 32.2. The van der Waals surface area contributed by atoms with Gasteiger partial charge in [0.05, 0.1) is 0 Å². The molecule has 5 heteroatoms. The lowest BCUT2D eigenvalue weighted by Crippen LogP contribution is -2.09. The number of carbonyl (C=O) groups is 1. The lowest BCUT2D eigenvalue weighted by atomic mass is 9.94. The van der Waals surface area contributed by atoms with Crippen LogP contribution in [0.15, 0.2) is 53.6 Å². The average Bonchev–Trinajstić information content (AvgIpc) is 2.53. The second-order valence-corrected chi connectivity index (χ2v) is 6.64. The standard InChI is InChI=1S/C18H19NO3S/c1-13-6-4-5-7-15(13)17(11-19(2)12-20)16-10-14(23(3)22)8-9-18(16)21/h4-12,21H,1-3H3/b17-11+. The molecular weight excluding hydrogens is 310 g/mol. The zero-order chi connectivity index (χ0) is 17.0. The number of carbonyl (C=O) groups excluding carboxylic acids is 1. The van der Waals surface area contributed by atoms with Gasteiger partial charge < -0.3 is 10.0 Å². The molecule has 4 nitrogen and oxygen atoms in total. The fraction of sp³-hybridized carbons (Fsp3) is 0.167. The summed E-state index contributed by atoms with van der Waals surface area (Å²) < 4.78 is 11.8. The smallest absolute Gasteiger partial charge is 0.213 e. The molecule has 0 saturated heterocycles. The maximum atomic E-state index is 11.8. The molecule has 0 saturated carbocycles. The topological polar surface area (TPSA) is 57.6 Å². The molecular formula is C18H19NO3S. The Hall–Kier alpha value is -2.40. The van der Waals surface area contributed by atoms with Crippen LogP contribution in [0.25, 0.3) is 5.57 Å². The summed E-state index contributed by atoms with van der Waals surface area (Å²) in [4.78, 5) is 13.0. The highest BCUT2D eigenvalue weighted by Crippen LogP contribution is 2.33. The molecule has 2 aromatic carbocycles. The Morgan fingerprint density at radius 3 is 2.48 bits per heavy atom. The summed E-state index contributed by atoms with van der Waals surface area (Å²) in [5, 5.41) is 10.3. The van der Waals surface area contributed by atoms with Crippen molar-refractivity contribution in [1.82, 2.24) is 4.90 Å². The minimum atomic E-state index is -1.16. The van der Waals surface area contributed by atoms with E-state index in [1.807, 2.05) is 31.2 Å². The molecule has 0 spiro atoms. The monoisotopic (exact) mass is 329 g/mol. The number of phenolic OH excluding ortho intramolecular Hbond substituents is 1. The Labute approximate surface area is 138 Å². The largest absolute Gasteiger partial charge is 0.507 e. The van der Waals surface area contributed by atoms with Crippen LogP contribution < -0.4 is 0 Å². The highest BCUT2D eigenvalue weighted by molar-refractivity contribution is 7.84. The first kappa shape index (κ1) is 17.0. The Balaban J connectivity index is 2.71. The van der Waals surface area contributed by atoms with E-state index in [9.17, 15) is 14.1 Å². The van der Waals surface area contributed by atoms with Crippen molar-refractivity contribution in [1.29, 1.82) is 0 Å². The fourth-order valence-corrected chi connectivity index (χ4v) is 2.85. The normalized spacial score (nSPS) is 12.7. The van der Waals surface area contributed by atoms with Crippen LogP contribution in [0.5, 0.6) is 5.75 Å². The third kappa shape index (κ3) is 3.87. The summed E-state index contributed by atoms with van der Waals surface area (Å²) in [5.74, 6) is 0.0769. The SMILES string of the molecule is Cc1ccccc1/C(=C\N(C)C=O)c1cc(S(C)=O)ccc1O. The van der Waals surface area contributed by atoms with Gasteiger partial charge in [0, 0.05) is 46.3 Å². The third-order valence-corrected chi connectivity index (χ3v) is 4.44. The van der Waals surface area contributed by atoms with E-state index in [0.29, 0.717) is 22.4 Å². The molecule has 0 aliphatic rings. The van der Waals surface area contributed by atoms with Crippen LogP contribution in [-0.4, -0.2) is 33.9 Å². The van der Waals surface area contributed by atoms with E-state index in [1.54, 1.807) is 31.6 Å². The van der Waals surface area contributed by atoms with Crippen molar-refractivity contribution in [3.05, 3.63) is 65.4 Å². The van der Waals surface area contributed by atoms with Crippen molar-refractivity contribution >= 4 is 22.8 Å². The second-order valence-electron chi connectivity index (χ2n) is 5.26. The molecule has 0 aliphatic carbocycles. The molecule has 2 rings (SSSR count). The number of rotatable bonds is 5. The number of nitrogens with zero attached hydrogens (tertiary/aromatic N) is 1. The molecule has 23 heavy (non-hydrogen) atoms. The number of phenols is 1. The van der Waals surface area contributed by atoms with Crippen LogP contribution in [-0.2, 0) is 15.6 Å². The van der Waals surface area contributed by atoms with Gasteiger partial charge in [0.2, 0.25) is 6.41 Å². The molecule has 0 fully saturated rings. The van der Waals surface area contributed by atoms with Gasteiger partial charge in [-0.25, -0.2) is 0 Å². The minimum Gasteiger partial charge on any atom is -0.507 e. The van der Waals surface area contributed by atoms with Crippen LogP contribution in [0, 0.1) is 6.92 Å². The minimum absolute atomic E-state index is 0.0769. The number of aryl methyl sites for hydroxylation is 1. The van der Waals surface area contributed by atoms with Crippen molar-refractivity contribution in [2.45, 2.75) is 11.8 Å². The van der Waals surface area contributed by atoms with Gasteiger partial charge in [-0.1, -0.05) is 24.3 Å². The first-order valence-corrected chi connectivity index (χ1v) is 8.61. The number of hydrogen-bond acceptors (Lipinski definition) is 3. The van der Waals surface area contributed by atoms with E-state index < -0.39 is 10.8 Å². The zero-order valence-corrected chi connectivity index (χ0v) is 14.1. The molecule has 0 bridgehead atoms. The van der Waals surface area contributed by atoms with Gasteiger partial charge in [-0.05, 0) is 36.2 Å². The van der Waals surface area contributed by atoms with Gasteiger partial charge in [0.1, 0.15) is 5.75 Å². The van der Waals surface area contributed by atoms with Crippen LogP contribution in [0.3, 0.4) is 0 Å². The average molecular weight is 329 g/mol. The molecule has 0 aliphatic heterocycles. The predicted octanol–water partition coefficient (Wildman–Crippen LogP) is 2.92. The van der Waals surface area contributed by atoms with E-state index in [-0.39, 0.29) is 5.75 Å². The Bertz CT molecular complexity index is 784. The van der Waals surface area contributed by atoms with Crippen LogP contribution in [0.4, 0.5) is 0 Å². The molecule has 1 atom stereocenters. The maximum absolute atomic E-state index is 11.8. The molecule has 1 amide bonds. The molecule has 0 heterocycles. The zero-order valence-electron chi connectivity index (χ0n) is 13.3. The first-order valence-electron chi connectivity index (χ1n) is 7.06. The summed E-state index contributed by atoms with van der Waals surface area (Å²) >= 11 is 0. The number of hydrogen-bond donors (Lipinski definition) is 1. The summed E-state index contributed by atoms with van der Waals surface area (Å²) in [6.07, 6.45) is 3.94. The fourth-order valence-electron chi connectivity index (χ4n) is 2.30. The highest BCUT2D eigenvalue weighted by Gasteiger charge is 2.14. The summed E-state index contributed by atoms with van der Waals surface area (Å²) in [6.45, 7) is 1.96. The summed E-state index contributed by atoms with van der Waals surface area (Å²) in [6, 6.07) is 12.6. The summed E-state index contributed by atoms with van der Waals surface area (Å²) in [7, 11) is 0.467. The maximum Gasteiger partial charge on any atom is 0.213 e. The van der Waals surface area contributed by atoms with Crippen molar-refractivity contribution in [2.24, 2.45) is 0 Å². The summed E-state index contributed by atoms with van der Waals surface area (Å²) in [5.41, 5.74) is 3.15. The molecule has 1 unspecified atom stereocenters. The van der Waals surface area contributed by atoms with Gasteiger partial charge in [-0.15, -0.1) is 0 Å². The second kappa shape index (κ2) is 7.24. The van der Waals surface area contributed by atoms with Gasteiger partial charge in [-0.3, -0.25) is 9.00 Å². The Kier molecular flexibility index (Phi) is 5.34. The van der Waals surface area contributed by atoms with E-state index in [1.165, 1.54) is 11.0 Å². The van der Waals surface area contributed by atoms with Crippen molar-refractivity contribution in [3.8, 4) is 5.75 Å². The quantitative estimate of drug-likeness (QED) is 0.858. The van der Waals surface area contributed by atoms with E-state index in [0.717, 1.165) is 11.1 Å². The molecule has 0 radical (unpaired) electrons. The van der Waals surface area contributed by atoms with Crippen molar-refractivity contribution in [3.63, 3.8) is 0 Å². The first-order chi connectivity index (χ1) is 10.9. The van der Waals surface area contributed by atoms with E-state index >= 15 is 0 Å². The van der Waals surface area contributed by atoms with Gasteiger partial charge in [0.15, 0.2) is 0 Å². The number of amides is 1. The Morgan fingerprint density at radius 1 is 1.17 bits per heavy atom. The predicted molar refractivity (Wildman–Crippen MR) is 92.5 cm³/mol. The molecule has 2 aromatic rings. The molecule has 120 valence electrons. The van der Waals surface area contributed by atoms with Gasteiger partial charge in [-0.2, -0.15) is 0 Å². The van der Waals surface area contributed by atoms with Gasteiger partial charge in [0.25, 0.3) is 0 Å². The van der Waals surface area contributed by atoms with Crippen LogP contribution >= 0.6 is 0 Å². The van der Waals surface area contributed by atoms with Crippen LogP contribution in [0.2, 0.25) is 0 Å². The lowest BCUT2D eigenvalue weighted by molar-refractivity contribution is -0.114.